The van der Waals surface area contributed by atoms with Crippen molar-refractivity contribution in [3.8, 4) is 0 Å². The zero-order chi connectivity index (χ0) is 13.8. The number of carboxylic acids is 1. The highest BCUT2D eigenvalue weighted by Crippen LogP contribution is 2.27. The molecule has 1 atom stereocenters. The van der Waals surface area contributed by atoms with Gasteiger partial charge in [-0.15, -0.1) is 0 Å². The predicted octanol–water partition coefficient (Wildman–Crippen LogP) is 2.09. The van der Waals surface area contributed by atoms with Crippen LogP contribution in [-0.4, -0.2) is 22.0 Å². The number of pyridine rings is 1. The Hall–Kier alpha value is -2.17. The average Bonchev–Trinajstić information content (AvgIpc) is 2.37. The van der Waals surface area contributed by atoms with E-state index in [0.29, 0.717) is 12.2 Å². The van der Waals surface area contributed by atoms with Crippen LogP contribution in [-0.2, 0) is 16.0 Å². The SMILES string of the molecule is CCCC1Cc2cc(/C=C/C(=O)O)cnc2NC1=O. The molecular formula is C14H16N2O3. The molecule has 1 aromatic heterocycles. The third-order valence-electron chi connectivity index (χ3n) is 3.12. The molecule has 0 radical (unpaired) electrons. The molecule has 19 heavy (non-hydrogen) atoms. The van der Waals surface area contributed by atoms with Gasteiger partial charge < -0.3 is 10.4 Å². The lowest BCUT2D eigenvalue weighted by Crippen LogP contribution is -2.30. The molecule has 1 amide bonds. The minimum atomic E-state index is -0.991. The summed E-state index contributed by atoms with van der Waals surface area (Å²) in [6, 6.07) is 1.88. The summed E-state index contributed by atoms with van der Waals surface area (Å²) in [5.41, 5.74) is 1.69. The number of carbonyl (C=O) groups is 2. The van der Waals surface area contributed by atoms with Gasteiger partial charge in [0.1, 0.15) is 5.82 Å². The van der Waals surface area contributed by atoms with Crippen LogP contribution in [0.5, 0.6) is 0 Å². The van der Waals surface area contributed by atoms with Crippen LogP contribution in [0, 0.1) is 5.92 Å². The molecule has 1 aliphatic rings. The summed E-state index contributed by atoms with van der Waals surface area (Å²) in [7, 11) is 0. The first-order valence-corrected chi connectivity index (χ1v) is 6.31. The van der Waals surface area contributed by atoms with Gasteiger partial charge in [-0.2, -0.15) is 0 Å². The van der Waals surface area contributed by atoms with Gasteiger partial charge in [-0.1, -0.05) is 13.3 Å². The lowest BCUT2D eigenvalue weighted by molar-refractivity contribution is -0.131. The Morgan fingerprint density at radius 2 is 2.42 bits per heavy atom. The minimum absolute atomic E-state index is 0.0157. The van der Waals surface area contributed by atoms with E-state index in [1.807, 2.05) is 13.0 Å². The van der Waals surface area contributed by atoms with Crippen molar-refractivity contribution in [1.82, 2.24) is 4.98 Å². The monoisotopic (exact) mass is 260 g/mol. The largest absolute Gasteiger partial charge is 0.478 e. The topological polar surface area (TPSA) is 79.3 Å². The smallest absolute Gasteiger partial charge is 0.328 e. The Labute approximate surface area is 111 Å². The fourth-order valence-corrected chi connectivity index (χ4v) is 2.21. The number of aromatic nitrogens is 1. The number of nitrogens with zero attached hydrogens (tertiary/aromatic N) is 1. The summed E-state index contributed by atoms with van der Waals surface area (Å²) < 4.78 is 0. The van der Waals surface area contributed by atoms with Gasteiger partial charge in [0, 0.05) is 18.2 Å². The van der Waals surface area contributed by atoms with Crippen molar-refractivity contribution in [2.75, 3.05) is 5.32 Å². The lowest BCUT2D eigenvalue weighted by atomic mass is 9.91. The Morgan fingerprint density at radius 1 is 1.63 bits per heavy atom. The standard InChI is InChI=1S/C14H16N2O3/c1-2-3-10-7-11-6-9(4-5-12(17)18)8-15-13(11)16-14(10)19/h4-6,8,10H,2-3,7H2,1H3,(H,17,18)(H,15,16,19)/b5-4+. The number of hydrogen-bond acceptors (Lipinski definition) is 3. The highest BCUT2D eigenvalue weighted by atomic mass is 16.4. The van der Waals surface area contributed by atoms with Gasteiger partial charge in [0.15, 0.2) is 0 Å². The highest BCUT2D eigenvalue weighted by molar-refractivity contribution is 5.94. The van der Waals surface area contributed by atoms with E-state index in [2.05, 4.69) is 10.3 Å². The first-order valence-electron chi connectivity index (χ1n) is 6.31. The van der Waals surface area contributed by atoms with Crippen molar-refractivity contribution in [1.29, 1.82) is 0 Å². The molecule has 100 valence electrons. The van der Waals surface area contributed by atoms with E-state index in [-0.39, 0.29) is 11.8 Å². The summed E-state index contributed by atoms with van der Waals surface area (Å²) in [4.78, 5) is 26.4. The van der Waals surface area contributed by atoms with Crippen molar-refractivity contribution < 1.29 is 14.7 Å². The normalized spacial score (nSPS) is 18.2. The van der Waals surface area contributed by atoms with Gasteiger partial charge in [-0.3, -0.25) is 4.79 Å². The number of rotatable bonds is 4. The average molecular weight is 260 g/mol. The van der Waals surface area contributed by atoms with Crippen LogP contribution >= 0.6 is 0 Å². The molecule has 0 aliphatic carbocycles. The number of aliphatic carboxylic acids is 1. The van der Waals surface area contributed by atoms with Crippen LogP contribution in [0.15, 0.2) is 18.3 Å². The Bertz CT molecular complexity index is 537. The van der Waals surface area contributed by atoms with Gasteiger partial charge in [0.2, 0.25) is 5.91 Å². The number of fused-ring (bicyclic) bond motifs is 1. The fourth-order valence-electron chi connectivity index (χ4n) is 2.21. The molecule has 2 rings (SSSR count). The van der Waals surface area contributed by atoms with Crippen molar-refractivity contribution in [2.45, 2.75) is 26.2 Å². The van der Waals surface area contributed by atoms with E-state index in [0.717, 1.165) is 30.0 Å². The Kier molecular flexibility index (Phi) is 3.94. The number of hydrogen-bond donors (Lipinski definition) is 2. The van der Waals surface area contributed by atoms with Gasteiger partial charge in [-0.25, -0.2) is 9.78 Å². The zero-order valence-corrected chi connectivity index (χ0v) is 10.7. The third kappa shape index (κ3) is 3.19. The van der Waals surface area contributed by atoms with Crippen LogP contribution in [0.1, 0.15) is 30.9 Å². The van der Waals surface area contributed by atoms with Crippen LogP contribution in [0.3, 0.4) is 0 Å². The van der Waals surface area contributed by atoms with Gasteiger partial charge in [-0.05, 0) is 36.1 Å². The molecule has 2 heterocycles. The van der Waals surface area contributed by atoms with Gasteiger partial charge >= 0.3 is 5.97 Å². The second-order valence-electron chi connectivity index (χ2n) is 4.63. The van der Waals surface area contributed by atoms with E-state index in [9.17, 15) is 9.59 Å². The van der Waals surface area contributed by atoms with Crippen molar-refractivity contribution >= 4 is 23.8 Å². The number of carboxylic acid groups (broad SMARTS) is 1. The molecule has 2 N–H and O–H groups in total. The summed E-state index contributed by atoms with van der Waals surface area (Å²) in [6.07, 6.45) is 6.60. The first-order chi connectivity index (χ1) is 9.10. The van der Waals surface area contributed by atoms with Gasteiger partial charge in [0.05, 0.1) is 0 Å². The lowest BCUT2D eigenvalue weighted by Gasteiger charge is -2.23. The fraction of sp³-hybridized carbons (Fsp3) is 0.357. The molecule has 0 bridgehead atoms. The number of nitrogens with one attached hydrogen (secondary N) is 1. The van der Waals surface area contributed by atoms with Crippen molar-refractivity contribution in [2.24, 2.45) is 5.92 Å². The second-order valence-corrected chi connectivity index (χ2v) is 4.63. The summed E-state index contributed by atoms with van der Waals surface area (Å²) in [5, 5.41) is 11.4. The summed E-state index contributed by atoms with van der Waals surface area (Å²) >= 11 is 0. The van der Waals surface area contributed by atoms with Crippen LogP contribution in [0.4, 0.5) is 5.82 Å². The molecule has 1 unspecified atom stereocenters. The second kappa shape index (κ2) is 5.65. The summed E-state index contributed by atoms with van der Waals surface area (Å²) in [6.45, 7) is 2.05. The maximum absolute atomic E-state index is 11.8. The summed E-state index contributed by atoms with van der Waals surface area (Å²) in [5.74, 6) is -0.395. The van der Waals surface area contributed by atoms with E-state index in [4.69, 9.17) is 5.11 Å². The number of amides is 1. The van der Waals surface area contributed by atoms with Crippen LogP contribution < -0.4 is 5.32 Å². The van der Waals surface area contributed by atoms with Crippen LogP contribution in [0.2, 0.25) is 0 Å². The Balaban J connectivity index is 2.23. The zero-order valence-electron chi connectivity index (χ0n) is 10.7. The molecule has 0 saturated heterocycles. The molecule has 5 heteroatoms. The molecule has 1 aromatic rings. The highest BCUT2D eigenvalue weighted by Gasteiger charge is 2.26. The van der Waals surface area contributed by atoms with E-state index in [1.165, 1.54) is 6.08 Å². The van der Waals surface area contributed by atoms with Crippen molar-refractivity contribution in [3.63, 3.8) is 0 Å². The molecule has 1 aliphatic heterocycles. The maximum atomic E-state index is 11.8. The Morgan fingerprint density at radius 3 is 3.11 bits per heavy atom. The van der Waals surface area contributed by atoms with Crippen LogP contribution in [0.25, 0.3) is 6.08 Å². The van der Waals surface area contributed by atoms with Crippen molar-refractivity contribution in [3.05, 3.63) is 29.5 Å². The van der Waals surface area contributed by atoms with E-state index < -0.39 is 5.97 Å². The number of anilines is 1. The van der Waals surface area contributed by atoms with Gasteiger partial charge in [0.25, 0.3) is 0 Å². The minimum Gasteiger partial charge on any atom is -0.478 e. The van der Waals surface area contributed by atoms with E-state index >= 15 is 0 Å². The predicted molar refractivity (Wildman–Crippen MR) is 71.6 cm³/mol. The maximum Gasteiger partial charge on any atom is 0.328 e. The molecule has 0 saturated carbocycles. The molecule has 0 fully saturated rings. The molecule has 0 spiro atoms. The first kappa shape index (κ1) is 13.3. The molecule has 5 nitrogen and oxygen atoms in total. The number of carbonyl (C=O) groups excluding carboxylic acids is 1. The van der Waals surface area contributed by atoms with E-state index in [1.54, 1.807) is 6.20 Å². The quantitative estimate of drug-likeness (QED) is 0.812. The molecule has 0 aromatic carbocycles. The third-order valence-corrected chi connectivity index (χ3v) is 3.12. The molecular weight excluding hydrogens is 244 g/mol.